The first-order valence-corrected chi connectivity index (χ1v) is 5.70. The Labute approximate surface area is 109 Å². The lowest BCUT2D eigenvalue weighted by molar-refractivity contribution is -0.125. The van der Waals surface area contributed by atoms with Crippen molar-refractivity contribution in [3.8, 4) is 11.6 Å². The summed E-state index contributed by atoms with van der Waals surface area (Å²) in [7, 11) is 0. The van der Waals surface area contributed by atoms with Crippen LogP contribution in [0.1, 0.15) is 6.92 Å². The minimum atomic E-state index is -0.608. The number of anilines is 1. The molecule has 0 aliphatic carbocycles. The van der Waals surface area contributed by atoms with E-state index in [1.807, 2.05) is 0 Å². The zero-order valence-corrected chi connectivity index (χ0v) is 10.4. The van der Waals surface area contributed by atoms with Crippen LogP contribution in [0.5, 0.6) is 0 Å². The average molecular weight is 262 g/mol. The number of carbonyl (C=O) groups excluding carboxylic acids is 1. The van der Waals surface area contributed by atoms with Crippen molar-refractivity contribution in [1.29, 1.82) is 0 Å². The van der Waals surface area contributed by atoms with Gasteiger partial charge in [0.25, 0.3) is 5.91 Å². The van der Waals surface area contributed by atoms with E-state index in [9.17, 15) is 4.79 Å². The van der Waals surface area contributed by atoms with E-state index in [4.69, 9.17) is 9.15 Å². The first-order valence-electron chi connectivity index (χ1n) is 5.70. The number of aromatic nitrogens is 3. The van der Waals surface area contributed by atoms with Gasteiger partial charge in [0.1, 0.15) is 6.10 Å². The van der Waals surface area contributed by atoms with Gasteiger partial charge in [-0.1, -0.05) is 6.08 Å². The first-order chi connectivity index (χ1) is 9.20. The van der Waals surface area contributed by atoms with Crippen LogP contribution in [-0.2, 0) is 9.53 Å². The number of furan rings is 1. The van der Waals surface area contributed by atoms with E-state index in [1.54, 1.807) is 25.1 Å². The summed E-state index contributed by atoms with van der Waals surface area (Å²) in [6, 6.07) is 3.48. The first kappa shape index (κ1) is 13.0. The van der Waals surface area contributed by atoms with Gasteiger partial charge in [-0.2, -0.15) is 4.98 Å². The Hall–Kier alpha value is -2.41. The molecular formula is C12H14N4O3. The van der Waals surface area contributed by atoms with Gasteiger partial charge in [0.2, 0.25) is 5.95 Å². The Morgan fingerprint density at radius 1 is 1.74 bits per heavy atom. The largest absolute Gasteiger partial charge is 0.461 e. The van der Waals surface area contributed by atoms with Gasteiger partial charge in [-0.25, -0.2) is 0 Å². The van der Waals surface area contributed by atoms with Gasteiger partial charge < -0.3 is 9.15 Å². The molecule has 1 amide bonds. The van der Waals surface area contributed by atoms with E-state index in [0.717, 1.165) is 0 Å². The second-order valence-corrected chi connectivity index (χ2v) is 3.74. The molecule has 1 atom stereocenters. The molecule has 2 aromatic heterocycles. The number of hydrogen-bond acceptors (Lipinski definition) is 5. The van der Waals surface area contributed by atoms with E-state index in [2.05, 4.69) is 27.1 Å². The van der Waals surface area contributed by atoms with E-state index < -0.39 is 6.10 Å². The molecule has 2 heterocycles. The molecule has 1 unspecified atom stereocenters. The van der Waals surface area contributed by atoms with E-state index in [0.29, 0.717) is 18.2 Å². The summed E-state index contributed by atoms with van der Waals surface area (Å²) in [5.74, 6) is 0.834. The number of aromatic amines is 1. The minimum Gasteiger partial charge on any atom is -0.461 e. The van der Waals surface area contributed by atoms with E-state index in [-0.39, 0.29) is 11.9 Å². The zero-order chi connectivity index (χ0) is 13.7. The third kappa shape index (κ3) is 3.29. The summed E-state index contributed by atoms with van der Waals surface area (Å²) in [6.07, 6.45) is 2.50. The minimum absolute atomic E-state index is 0.172. The predicted molar refractivity (Wildman–Crippen MR) is 68.3 cm³/mol. The molecule has 0 aliphatic heterocycles. The number of carbonyl (C=O) groups is 1. The lowest BCUT2D eigenvalue weighted by atomic mass is 10.4. The van der Waals surface area contributed by atoms with Crippen LogP contribution in [0.15, 0.2) is 35.5 Å². The van der Waals surface area contributed by atoms with Gasteiger partial charge >= 0.3 is 0 Å². The highest BCUT2D eigenvalue weighted by atomic mass is 16.5. The Bertz CT molecular complexity index is 547. The molecule has 0 aromatic carbocycles. The Morgan fingerprint density at radius 3 is 3.26 bits per heavy atom. The molecule has 0 spiro atoms. The van der Waals surface area contributed by atoms with Crippen LogP contribution < -0.4 is 5.32 Å². The second kappa shape index (κ2) is 5.96. The van der Waals surface area contributed by atoms with Crippen molar-refractivity contribution >= 4 is 11.9 Å². The fraction of sp³-hybridized carbons (Fsp3) is 0.250. The van der Waals surface area contributed by atoms with Crippen molar-refractivity contribution < 1.29 is 13.9 Å². The summed E-state index contributed by atoms with van der Waals surface area (Å²) in [4.78, 5) is 15.8. The third-order valence-electron chi connectivity index (χ3n) is 2.31. The van der Waals surface area contributed by atoms with Gasteiger partial charge in [-0.05, 0) is 19.1 Å². The summed E-state index contributed by atoms with van der Waals surface area (Å²) < 4.78 is 10.3. The van der Waals surface area contributed by atoms with Crippen molar-refractivity contribution in [2.45, 2.75) is 13.0 Å². The number of nitrogens with one attached hydrogen (secondary N) is 2. The molecule has 19 heavy (non-hydrogen) atoms. The van der Waals surface area contributed by atoms with Crippen LogP contribution in [0.25, 0.3) is 11.6 Å². The highest BCUT2D eigenvalue weighted by molar-refractivity contribution is 5.92. The smallest absolute Gasteiger partial charge is 0.255 e. The number of H-pyrrole nitrogens is 1. The zero-order valence-electron chi connectivity index (χ0n) is 10.4. The Morgan fingerprint density at radius 2 is 2.58 bits per heavy atom. The van der Waals surface area contributed by atoms with Crippen LogP contribution >= 0.6 is 0 Å². The maximum absolute atomic E-state index is 11.7. The molecule has 0 saturated carbocycles. The molecular weight excluding hydrogens is 248 g/mol. The van der Waals surface area contributed by atoms with Gasteiger partial charge in [0, 0.05) is 0 Å². The van der Waals surface area contributed by atoms with E-state index in [1.165, 1.54) is 6.26 Å². The maximum atomic E-state index is 11.7. The second-order valence-electron chi connectivity index (χ2n) is 3.74. The fourth-order valence-electron chi connectivity index (χ4n) is 1.34. The number of amides is 1. The van der Waals surface area contributed by atoms with Gasteiger partial charge in [-0.3, -0.25) is 15.2 Å². The van der Waals surface area contributed by atoms with Crippen molar-refractivity contribution in [2.24, 2.45) is 0 Å². The van der Waals surface area contributed by atoms with Gasteiger partial charge in [0.05, 0.1) is 12.9 Å². The third-order valence-corrected chi connectivity index (χ3v) is 2.31. The monoisotopic (exact) mass is 262 g/mol. The highest BCUT2D eigenvalue weighted by Gasteiger charge is 2.16. The van der Waals surface area contributed by atoms with Crippen molar-refractivity contribution in [2.75, 3.05) is 11.9 Å². The topological polar surface area (TPSA) is 93.0 Å². The molecule has 2 aromatic rings. The summed E-state index contributed by atoms with van der Waals surface area (Å²) in [6.45, 7) is 5.45. The molecule has 0 aliphatic rings. The Balaban J connectivity index is 1.96. The SMILES string of the molecule is C=CCOC(C)C(=O)Nc1n[nH]c(-c2ccco2)n1. The number of nitrogens with zero attached hydrogens (tertiary/aromatic N) is 2. The van der Waals surface area contributed by atoms with Crippen LogP contribution in [0.3, 0.4) is 0 Å². The lowest BCUT2D eigenvalue weighted by Crippen LogP contribution is -2.28. The Kier molecular flexibility index (Phi) is 4.09. The molecule has 2 N–H and O–H groups in total. The summed E-state index contributed by atoms with van der Waals surface area (Å²) >= 11 is 0. The van der Waals surface area contributed by atoms with Crippen LogP contribution in [-0.4, -0.2) is 33.8 Å². The van der Waals surface area contributed by atoms with Gasteiger partial charge in [-0.15, -0.1) is 11.7 Å². The predicted octanol–water partition coefficient (Wildman–Crippen LogP) is 1.59. The van der Waals surface area contributed by atoms with Gasteiger partial charge in [0.15, 0.2) is 11.6 Å². The molecule has 2 rings (SSSR count). The molecule has 7 heteroatoms. The van der Waals surface area contributed by atoms with Crippen LogP contribution in [0.2, 0.25) is 0 Å². The standard InChI is InChI=1S/C12H14N4O3/c1-3-6-18-8(2)11(17)14-12-13-10(15-16-12)9-5-4-7-19-9/h3-5,7-8H,1,6H2,2H3,(H2,13,14,15,16,17). The fourth-order valence-corrected chi connectivity index (χ4v) is 1.34. The quantitative estimate of drug-likeness (QED) is 0.771. The molecule has 7 nitrogen and oxygen atoms in total. The molecule has 100 valence electrons. The number of rotatable bonds is 6. The van der Waals surface area contributed by atoms with Crippen LogP contribution in [0, 0.1) is 0 Å². The normalized spacial score (nSPS) is 12.1. The molecule has 0 bridgehead atoms. The number of ether oxygens (including phenoxy) is 1. The molecule has 0 radical (unpaired) electrons. The molecule has 0 fully saturated rings. The van der Waals surface area contributed by atoms with Crippen molar-refractivity contribution in [3.05, 3.63) is 31.1 Å². The maximum Gasteiger partial charge on any atom is 0.255 e. The molecule has 0 saturated heterocycles. The summed E-state index contributed by atoms with van der Waals surface area (Å²) in [5.41, 5.74) is 0. The van der Waals surface area contributed by atoms with Crippen molar-refractivity contribution in [3.63, 3.8) is 0 Å². The lowest BCUT2D eigenvalue weighted by Gasteiger charge is -2.09. The average Bonchev–Trinajstić information content (AvgIpc) is 3.05. The number of hydrogen-bond donors (Lipinski definition) is 2. The summed E-state index contributed by atoms with van der Waals surface area (Å²) in [5, 5.41) is 9.08. The van der Waals surface area contributed by atoms with Crippen molar-refractivity contribution in [1.82, 2.24) is 15.2 Å². The van der Waals surface area contributed by atoms with Crippen LogP contribution in [0.4, 0.5) is 5.95 Å². The van der Waals surface area contributed by atoms with E-state index >= 15 is 0 Å². The highest BCUT2D eigenvalue weighted by Crippen LogP contribution is 2.15.